The second-order valence-corrected chi connectivity index (χ2v) is 7.88. The summed E-state index contributed by atoms with van der Waals surface area (Å²) < 4.78 is 5.48. The average molecular weight is 410 g/mol. The third-order valence-electron chi connectivity index (χ3n) is 4.42. The van der Waals surface area contributed by atoms with E-state index in [-0.39, 0.29) is 5.91 Å². The zero-order valence-corrected chi connectivity index (χ0v) is 18.2. The van der Waals surface area contributed by atoms with E-state index in [1.807, 2.05) is 63.5 Å². The van der Waals surface area contributed by atoms with E-state index < -0.39 is 0 Å². The summed E-state index contributed by atoms with van der Waals surface area (Å²) >= 11 is 1.43. The number of nitrogens with zero attached hydrogens (tertiary/aromatic N) is 3. The van der Waals surface area contributed by atoms with Crippen LogP contribution in [0.15, 0.2) is 58.4 Å². The number of aliphatic imine (C=N–C) groups is 1. The Morgan fingerprint density at radius 3 is 2.34 bits per heavy atom. The minimum atomic E-state index is 0.0122. The van der Waals surface area contributed by atoms with Crippen molar-refractivity contribution >= 4 is 40.3 Å². The van der Waals surface area contributed by atoms with Crippen molar-refractivity contribution in [2.45, 2.75) is 20.3 Å². The number of rotatable bonds is 7. The monoisotopic (exact) mass is 409 g/mol. The summed E-state index contributed by atoms with van der Waals surface area (Å²) in [7, 11) is 4.02. The number of carbonyl (C=O) groups excluding carboxylic acids is 1. The molecule has 2 aromatic carbocycles. The molecule has 2 aromatic rings. The summed E-state index contributed by atoms with van der Waals surface area (Å²) in [6, 6.07) is 15.8. The van der Waals surface area contributed by atoms with Crippen LogP contribution < -0.4 is 9.64 Å². The Hall–Kier alpha value is -2.73. The fraction of sp³-hybridized carbons (Fsp3) is 0.304. The van der Waals surface area contributed by atoms with Gasteiger partial charge in [-0.05, 0) is 73.1 Å². The molecule has 0 aromatic heterocycles. The predicted octanol–water partition coefficient (Wildman–Crippen LogP) is 5.17. The minimum absolute atomic E-state index is 0.0122. The van der Waals surface area contributed by atoms with Gasteiger partial charge in [-0.15, -0.1) is 0 Å². The van der Waals surface area contributed by atoms with Crippen LogP contribution in [0.5, 0.6) is 5.75 Å². The van der Waals surface area contributed by atoms with Crippen LogP contribution in [0.25, 0.3) is 6.08 Å². The number of amides is 1. The molecule has 152 valence electrons. The molecule has 0 spiro atoms. The Morgan fingerprint density at radius 1 is 1.07 bits per heavy atom. The van der Waals surface area contributed by atoms with Crippen LogP contribution in [-0.2, 0) is 4.79 Å². The van der Waals surface area contributed by atoms with Gasteiger partial charge in [0.25, 0.3) is 5.91 Å². The number of ether oxygens (including phenoxy) is 1. The van der Waals surface area contributed by atoms with Crippen molar-refractivity contribution in [3.8, 4) is 5.75 Å². The molecular weight excluding hydrogens is 382 g/mol. The molecule has 0 aliphatic carbocycles. The first-order chi connectivity index (χ1) is 14.0. The second kappa shape index (κ2) is 9.65. The maximum absolute atomic E-state index is 12.9. The van der Waals surface area contributed by atoms with Crippen LogP contribution in [-0.4, -0.2) is 43.2 Å². The van der Waals surface area contributed by atoms with E-state index in [1.165, 1.54) is 11.8 Å². The zero-order chi connectivity index (χ0) is 20.8. The second-order valence-electron chi connectivity index (χ2n) is 6.87. The maximum Gasteiger partial charge on any atom is 0.266 e. The number of benzene rings is 2. The molecule has 1 amide bonds. The molecule has 1 aliphatic heterocycles. The summed E-state index contributed by atoms with van der Waals surface area (Å²) in [6.45, 7) is 5.30. The first kappa shape index (κ1) is 21.0. The number of amidine groups is 1. The van der Waals surface area contributed by atoms with E-state index in [0.29, 0.717) is 18.1 Å². The lowest BCUT2D eigenvalue weighted by Gasteiger charge is -2.14. The highest BCUT2D eigenvalue weighted by atomic mass is 32.2. The van der Waals surface area contributed by atoms with E-state index in [9.17, 15) is 4.79 Å². The van der Waals surface area contributed by atoms with Crippen LogP contribution in [0.3, 0.4) is 0 Å². The Morgan fingerprint density at radius 2 is 1.76 bits per heavy atom. The van der Waals surface area contributed by atoms with Crippen LogP contribution >= 0.6 is 11.8 Å². The standard InChI is InChI=1S/C23H27N3O2S/c1-5-15-26-22(27)21(16-17-7-11-19(12-8-17)25(3)4)29-23(26)24-18-9-13-20(14-10-18)28-6-2/h7-14,16H,5-6,15H2,1-4H3/b21-16+,24-23?. The van der Waals surface area contributed by atoms with E-state index in [4.69, 9.17) is 9.73 Å². The Balaban J connectivity index is 1.85. The van der Waals surface area contributed by atoms with Crippen molar-refractivity contribution in [3.05, 3.63) is 59.0 Å². The lowest BCUT2D eigenvalue weighted by Crippen LogP contribution is -2.29. The van der Waals surface area contributed by atoms with Crippen molar-refractivity contribution in [2.24, 2.45) is 4.99 Å². The molecule has 1 heterocycles. The van der Waals surface area contributed by atoms with Crippen molar-refractivity contribution in [2.75, 3.05) is 32.1 Å². The fourth-order valence-electron chi connectivity index (χ4n) is 2.93. The molecule has 6 heteroatoms. The topological polar surface area (TPSA) is 45.1 Å². The van der Waals surface area contributed by atoms with Crippen LogP contribution in [0.4, 0.5) is 11.4 Å². The number of hydrogen-bond donors (Lipinski definition) is 0. The lowest BCUT2D eigenvalue weighted by molar-refractivity contribution is -0.122. The van der Waals surface area contributed by atoms with E-state index in [2.05, 4.69) is 24.0 Å². The molecule has 0 saturated carbocycles. The number of thioether (sulfide) groups is 1. The fourth-order valence-corrected chi connectivity index (χ4v) is 3.95. The predicted molar refractivity (Wildman–Crippen MR) is 123 cm³/mol. The van der Waals surface area contributed by atoms with Gasteiger partial charge in [-0.25, -0.2) is 4.99 Å². The van der Waals surface area contributed by atoms with Crippen molar-refractivity contribution in [1.29, 1.82) is 0 Å². The quantitative estimate of drug-likeness (QED) is 0.592. The normalized spacial score (nSPS) is 16.7. The van der Waals surface area contributed by atoms with Crippen molar-refractivity contribution < 1.29 is 9.53 Å². The molecule has 29 heavy (non-hydrogen) atoms. The van der Waals surface area contributed by atoms with Crippen molar-refractivity contribution in [3.63, 3.8) is 0 Å². The van der Waals surface area contributed by atoms with E-state index in [0.717, 1.165) is 34.3 Å². The minimum Gasteiger partial charge on any atom is -0.494 e. The smallest absolute Gasteiger partial charge is 0.266 e. The van der Waals surface area contributed by atoms with E-state index >= 15 is 0 Å². The molecule has 3 rings (SSSR count). The first-order valence-electron chi connectivity index (χ1n) is 9.82. The van der Waals surface area contributed by atoms with Crippen LogP contribution in [0.1, 0.15) is 25.8 Å². The van der Waals surface area contributed by atoms with Gasteiger partial charge in [-0.3, -0.25) is 9.69 Å². The maximum atomic E-state index is 12.9. The first-order valence-corrected chi connectivity index (χ1v) is 10.6. The number of carbonyl (C=O) groups is 1. The molecule has 0 atom stereocenters. The summed E-state index contributed by atoms with van der Waals surface area (Å²) in [6.07, 6.45) is 2.81. The molecular formula is C23H27N3O2S. The van der Waals surface area contributed by atoms with Gasteiger partial charge in [0, 0.05) is 26.3 Å². The SMILES string of the molecule is CCCN1C(=O)/C(=C\c2ccc(N(C)C)cc2)SC1=Nc1ccc(OCC)cc1. The van der Waals surface area contributed by atoms with Gasteiger partial charge in [0.05, 0.1) is 17.2 Å². The molecule has 1 saturated heterocycles. The van der Waals surface area contributed by atoms with Gasteiger partial charge in [-0.1, -0.05) is 19.1 Å². The molecule has 5 nitrogen and oxygen atoms in total. The Bertz CT molecular complexity index is 903. The van der Waals surface area contributed by atoms with E-state index in [1.54, 1.807) is 4.90 Å². The average Bonchev–Trinajstić information content (AvgIpc) is 2.99. The highest BCUT2D eigenvalue weighted by molar-refractivity contribution is 8.18. The summed E-state index contributed by atoms with van der Waals surface area (Å²) in [4.78, 5) is 22.2. The van der Waals surface area contributed by atoms with Gasteiger partial charge in [0.1, 0.15) is 5.75 Å². The lowest BCUT2D eigenvalue weighted by atomic mass is 10.2. The molecule has 0 unspecified atom stereocenters. The summed E-state index contributed by atoms with van der Waals surface area (Å²) in [5.74, 6) is 0.831. The third-order valence-corrected chi connectivity index (χ3v) is 5.42. The molecule has 0 bridgehead atoms. The third kappa shape index (κ3) is 5.21. The van der Waals surface area contributed by atoms with Gasteiger partial charge in [0.2, 0.25) is 0 Å². The highest BCUT2D eigenvalue weighted by Gasteiger charge is 2.32. The molecule has 1 aliphatic rings. The largest absolute Gasteiger partial charge is 0.494 e. The van der Waals surface area contributed by atoms with Gasteiger partial charge in [0.15, 0.2) is 5.17 Å². The van der Waals surface area contributed by atoms with Gasteiger partial charge in [-0.2, -0.15) is 0 Å². The molecule has 1 fully saturated rings. The summed E-state index contributed by atoms with van der Waals surface area (Å²) in [5.41, 5.74) is 2.94. The summed E-state index contributed by atoms with van der Waals surface area (Å²) in [5, 5.41) is 0.720. The molecule has 0 radical (unpaired) electrons. The zero-order valence-electron chi connectivity index (χ0n) is 17.4. The van der Waals surface area contributed by atoms with Gasteiger partial charge < -0.3 is 9.64 Å². The Labute approximate surface area is 177 Å². The molecule has 0 N–H and O–H groups in total. The Kier molecular flexibility index (Phi) is 6.99. The number of hydrogen-bond acceptors (Lipinski definition) is 5. The highest BCUT2D eigenvalue weighted by Crippen LogP contribution is 2.34. The number of anilines is 1. The van der Waals surface area contributed by atoms with Crippen LogP contribution in [0, 0.1) is 0 Å². The van der Waals surface area contributed by atoms with Crippen LogP contribution in [0.2, 0.25) is 0 Å². The van der Waals surface area contributed by atoms with Crippen molar-refractivity contribution in [1.82, 2.24) is 4.90 Å². The van der Waals surface area contributed by atoms with Gasteiger partial charge >= 0.3 is 0 Å².